The van der Waals surface area contributed by atoms with Crippen molar-refractivity contribution in [1.29, 1.82) is 0 Å². The summed E-state index contributed by atoms with van der Waals surface area (Å²) in [6.07, 6.45) is 1.19. The highest BCUT2D eigenvalue weighted by Crippen LogP contribution is 2.24. The zero-order valence-corrected chi connectivity index (χ0v) is 12.6. The maximum atomic E-state index is 11.7. The minimum atomic E-state index is -0.768. The highest BCUT2D eigenvalue weighted by molar-refractivity contribution is 5.83. The zero-order valence-electron chi connectivity index (χ0n) is 12.6. The summed E-state index contributed by atoms with van der Waals surface area (Å²) >= 11 is 0. The fraction of sp³-hybridized carbons (Fsp3) is 0.500. The van der Waals surface area contributed by atoms with E-state index in [0.717, 1.165) is 12.8 Å². The van der Waals surface area contributed by atoms with Crippen molar-refractivity contribution in [2.45, 2.75) is 44.4 Å². The third-order valence-corrected chi connectivity index (χ3v) is 3.67. The van der Waals surface area contributed by atoms with Crippen LogP contribution in [0.15, 0.2) is 30.3 Å². The highest BCUT2D eigenvalue weighted by Gasteiger charge is 2.34. The maximum Gasteiger partial charge on any atom is 0.239 e. The number of hydrogen-bond donors (Lipinski definition) is 3. The quantitative estimate of drug-likeness (QED) is 0.743. The molecule has 0 radical (unpaired) electrons. The maximum absolute atomic E-state index is 11.7. The molecule has 1 aliphatic rings. The van der Waals surface area contributed by atoms with E-state index in [1.165, 1.54) is 6.92 Å². The van der Waals surface area contributed by atoms with Crippen LogP contribution in [0.25, 0.3) is 0 Å². The van der Waals surface area contributed by atoms with Crippen LogP contribution in [-0.2, 0) is 9.59 Å². The van der Waals surface area contributed by atoms with Crippen LogP contribution in [0.2, 0.25) is 0 Å². The Hall–Kier alpha value is -2.08. The SMILES string of the molecule is CC(=O)NCC(=O)N[C@@H]1CCC[C@@H](Oc2ccccc2)[C@@H]1O. The van der Waals surface area contributed by atoms with Crippen LogP contribution in [0.1, 0.15) is 26.2 Å². The van der Waals surface area contributed by atoms with E-state index in [1.54, 1.807) is 0 Å². The molecule has 0 bridgehead atoms. The lowest BCUT2D eigenvalue weighted by Gasteiger charge is -2.35. The summed E-state index contributed by atoms with van der Waals surface area (Å²) < 4.78 is 5.81. The Labute approximate surface area is 129 Å². The van der Waals surface area contributed by atoms with E-state index in [0.29, 0.717) is 12.2 Å². The van der Waals surface area contributed by atoms with Crippen LogP contribution in [0.5, 0.6) is 5.75 Å². The van der Waals surface area contributed by atoms with E-state index in [1.807, 2.05) is 30.3 Å². The van der Waals surface area contributed by atoms with Crippen molar-refractivity contribution in [3.8, 4) is 5.75 Å². The number of aliphatic hydroxyl groups excluding tert-OH is 1. The van der Waals surface area contributed by atoms with E-state index in [2.05, 4.69) is 10.6 Å². The van der Waals surface area contributed by atoms with Crippen molar-refractivity contribution < 1.29 is 19.4 Å². The number of benzene rings is 1. The minimum Gasteiger partial charge on any atom is -0.488 e. The summed E-state index contributed by atoms with van der Waals surface area (Å²) in [5, 5.41) is 15.6. The first-order chi connectivity index (χ1) is 10.6. The van der Waals surface area contributed by atoms with Gasteiger partial charge in [-0.3, -0.25) is 9.59 Å². The Morgan fingerprint density at radius 1 is 1.27 bits per heavy atom. The van der Waals surface area contributed by atoms with E-state index in [-0.39, 0.29) is 30.5 Å². The Kier molecular flexibility index (Phi) is 5.77. The number of rotatable bonds is 5. The third-order valence-electron chi connectivity index (χ3n) is 3.67. The molecule has 0 aliphatic heterocycles. The van der Waals surface area contributed by atoms with Crippen molar-refractivity contribution in [2.75, 3.05) is 6.54 Å². The molecule has 6 nitrogen and oxygen atoms in total. The number of para-hydroxylation sites is 1. The van der Waals surface area contributed by atoms with Gasteiger partial charge in [0.2, 0.25) is 11.8 Å². The van der Waals surface area contributed by atoms with Gasteiger partial charge in [-0.1, -0.05) is 18.2 Å². The van der Waals surface area contributed by atoms with Gasteiger partial charge in [0.05, 0.1) is 12.6 Å². The van der Waals surface area contributed by atoms with E-state index < -0.39 is 6.10 Å². The summed E-state index contributed by atoms with van der Waals surface area (Å²) in [6.45, 7) is 1.27. The Bertz CT molecular complexity index is 506. The second-order valence-electron chi connectivity index (χ2n) is 5.47. The summed E-state index contributed by atoms with van der Waals surface area (Å²) in [6, 6.07) is 8.96. The van der Waals surface area contributed by atoms with Gasteiger partial charge in [-0.15, -0.1) is 0 Å². The van der Waals surface area contributed by atoms with Crippen LogP contribution in [0, 0.1) is 0 Å². The number of carbonyl (C=O) groups excluding carboxylic acids is 2. The van der Waals surface area contributed by atoms with Gasteiger partial charge in [-0.05, 0) is 31.4 Å². The van der Waals surface area contributed by atoms with Gasteiger partial charge < -0.3 is 20.5 Å². The van der Waals surface area contributed by atoms with Gasteiger partial charge >= 0.3 is 0 Å². The molecule has 3 N–H and O–H groups in total. The first-order valence-electron chi connectivity index (χ1n) is 7.50. The molecule has 1 aromatic carbocycles. The second kappa shape index (κ2) is 7.79. The lowest BCUT2D eigenvalue weighted by atomic mass is 9.89. The van der Waals surface area contributed by atoms with Crippen LogP contribution < -0.4 is 15.4 Å². The molecule has 22 heavy (non-hydrogen) atoms. The van der Waals surface area contributed by atoms with E-state index >= 15 is 0 Å². The molecule has 0 aromatic heterocycles. The monoisotopic (exact) mass is 306 g/mol. The summed E-state index contributed by atoms with van der Waals surface area (Å²) in [5.74, 6) is 0.140. The van der Waals surface area contributed by atoms with Gasteiger partial charge in [0.1, 0.15) is 18.0 Å². The van der Waals surface area contributed by atoms with Gasteiger partial charge in [0.25, 0.3) is 0 Å². The molecular formula is C16H22N2O4. The number of carbonyl (C=O) groups is 2. The lowest BCUT2D eigenvalue weighted by molar-refractivity contribution is -0.126. The molecule has 3 atom stereocenters. The Morgan fingerprint density at radius 2 is 2.00 bits per heavy atom. The summed E-state index contributed by atoms with van der Waals surface area (Å²) in [7, 11) is 0. The number of amides is 2. The van der Waals surface area contributed by atoms with Crippen LogP contribution in [0.4, 0.5) is 0 Å². The molecule has 0 saturated heterocycles. The fourth-order valence-corrected chi connectivity index (χ4v) is 2.56. The van der Waals surface area contributed by atoms with Crippen LogP contribution in [-0.4, -0.2) is 41.7 Å². The van der Waals surface area contributed by atoms with Crippen molar-refractivity contribution in [1.82, 2.24) is 10.6 Å². The molecule has 0 heterocycles. The first-order valence-corrected chi connectivity index (χ1v) is 7.50. The first kappa shape index (κ1) is 16.3. The standard InChI is InChI=1S/C16H22N2O4/c1-11(19)17-10-15(20)18-13-8-5-9-14(16(13)21)22-12-6-3-2-4-7-12/h2-4,6-7,13-14,16,21H,5,8-10H2,1H3,(H,17,19)(H,18,20)/t13-,14-,16-/m1/s1. The van der Waals surface area contributed by atoms with E-state index in [4.69, 9.17) is 4.74 Å². The molecule has 2 rings (SSSR count). The predicted octanol–water partition coefficient (Wildman–Crippen LogP) is 0.600. The molecule has 1 aliphatic carbocycles. The van der Waals surface area contributed by atoms with Gasteiger partial charge in [-0.2, -0.15) is 0 Å². The average molecular weight is 306 g/mol. The van der Waals surface area contributed by atoms with Crippen LogP contribution in [0.3, 0.4) is 0 Å². The third kappa shape index (κ3) is 4.73. The molecule has 6 heteroatoms. The molecular weight excluding hydrogens is 284 g/mol. The minimum absolute atomic E-state index is 0.0806. The summed E-state index contributed by atoms with van der Waals surface area (Å²) in [5.41, 5.74) is 0. The molecule has 120 valence electrons. The molecule has 1 aromatic rings. The molecule has 1 fully saturated rings. The number of ether oxygens (including phenoxy) is 1. The van der Waals surface area contributed by atoms with Crippen molar-refractivity contribution >= 4 is 11.8 Å². The normalized spacial score (nSPS) is 24.4. The molecule has 0 unspecified atom stereocenters. The second-order valence-corrected chi connectivity index (χ2v) is 5.47. The smallest absolute Gasteiger partial charge is 0.239 e. The van der Waals surface area contributed by atoms with Crippen molar-refractivity contribution in [3.05, 3.63) is 30.3 Å². The molecule has 2 amide bonds. The number of nitrogens with one attached hydrogen (secondary N) is 2. The fourth-order valence-electron chi connectivity index (χ4n) is 2.56. The van der Waals surface area contributed by atoms with Gasteiger partial charge in [-0.25, -0.2) is 0 Å². The summed E-state index contributed by atoms with van der Waals surface area (Å²) in [4.78, 5) is 22.5. The van der Waals surface area contributed by atoms with Crippen molar-refractivity contribution in [2.24, 2.45) is 0 Å². The average Bonchev–Trinajstić information content (AvgIpc) is 2.50. The lowest BCUT2D eigenvalue weighted by Crippen LogP contribution is -2.54. The van der Waals surface area contributed by atoms with Crippen LogP contribution >= 0.6 is 0 Å². The Morgan fingerprint density at radius 3 is 2.68 bits per heavy atom. The predicted molar refractivity (Wildman–Crippen MR) is 81.3 cm³/mol. The largest absolute Gasteiger partial charge is 0.488 e. The topological polar surface area (TPSA) is 87.7 Å². The van der Waals surface area contributed by atoms with Crippen molar-refractivity contribution in [3.63, 3.8) is 0 Å². The zero-order chi connectivity index (χ0) is 15.9. The Balaban J connectivity index is 1.88. The highest BCUT2D eigenvalue weighted by atomic mass is 16.5. The number of hydrogen-bond acceptors (Lipinski definition) is 4. The van der Waals surface area contributed by atoms with E-state index in [9.17, 15) is 14.7 Å². The van der Waals surface area contributed by atoms with Gasteiger partial charge in [0, 0.05) is 6.92 Å². The number of aliphatic hydroxyl groups is 1. The van der Waals surface area contributed by atoms with Gasteiger partial charge in [0.15, 0.2) is 0 Å². The molecule has 0 spiro atoms. The molecule has 1 saturated carbocycles.